The molecule has 31 heavy (non-hydrogen) atoms. The van der Waals surface area contributed by atoms with Gasteiger partial charge in [0.1, 0.15) is 0 Å². The summed E-state index contributed by atoms with van der Waals surface area (Å²) >= 11 is 0. The van der Waals surface area contributed by atoms with E-state index in [9.17, 15) is 26.3 Å². The molecule has 2 aliphatic carbocycles. The second-order valence-electron chi connectivity index (χ2n) is 5.44. The third kappa shape index (κ3) is 11.4. The van der Waals surface area contributed by atoms with Gasteiger partial charge in [0.2, 0.25) is 0 Å². The van der Waals surface area contributed by atoms with Crippen molar-refractivity contribution in [3.8, 4) is 11.5 Å². The van der Waals surface area contributed by atoms with E-state index < -0.39 is 46.4 Å². The number of allylic oxidation sites excluding steroid dienone is 8. The molecule has 9 heteroatoms. The molecule has 4 rings (SSSR count). The Bertz CT molecular complexity index is 758. The van der Waals surface area contributed by atoms with Crippen molar-refractivity contribution in [1.82, 2.24) is 0 Å². The molecule has 0 radical (unpaired) electrons. The molecule has 0 saturated carbocycles. The Balaban J connectivity index is 0.000000401. The van der Waals surface area contributed by atoms with Gasteiger partial charge in [-0.05, 0) is 0 Å². The molecule has 0 amide bonds. The number of aromatic hydroxyl groups is 2. The van der Waals surface area contributed by atoms with Gasteiger partial charge in [-0.25, -0.2) is 50.6 Å². The smallest absolute Gasteiger partial charge is 0.505 e. The molecular weight excluding hydrogens is 501 g/mol. The van der Waals surface area contributed by atoms with E-state index in [1.54, 1.807) is 0 Å². The molecule has 0 bridgehead atoms. The monoisotopic (exact) mass is 516 g/mol. The van der Waals surface area contributed by atoms with Crippen LogP contribution in [-0.2, 0) is 26.2 Å². The largest absolute Gasteiger partial charge is 2.00 e. The fraction of sp³-hybridized carbons (Fsp3) is 0.0909. The van der Waals surface area contributed by atoms with E-state index >= 15 is 0 Å². The average Bonchev–Trinajstić information content (AvgIpc) is 3.44. The first-order valence-corrected chi connectivity index (χ1v) is 8.32. The predicted molar refractivity (Wildman–Crippen MR) is 99.1 cm³/mol. The molecule has 0 spiro atoms. The second kappa shape index (κ2) is 15.3. The van der Waals surface area contributed by atoms with Crippen LogP contribution in [0.15, 0.2) is 60.7 Å². The molecule has 2 aromatic rings. The molecule has 0 atom stereocenters. The van der Waals surface area contributed by atoms with Crippen molar-refractivity contribution in [2.45, 2.75) is 12.8 Å². The van der Waals surface area contributed by atoms with Gasteiger partial charge >= 0.3 is 26.2 Å². The van der Waals surface area contributed by atoms with Crippen molar-refractivity contribution < 1.29 is 62.8 Å². The SMILES string of the molecule is Oc1cc(F)c(F)cc1F.Oc1cc(F)c(F)cc1F.[C-]1=CC=CC1.[C-]1=CC=CC1.[Zr+2]. The van der Waals surface area contributed by atoms with Gasteiger partial charge in [0.05, 0.1) is 0 Å². The van der Waals surface area contributed by atoms with Gasteiger partial charge in [-0.15, -0.1) is 12.8 Å². The number of rotatable bonds is 0. The number of benzene rings is 2. The zero-order chi connectivity index (χ0) is 22.5. The number of hydrogen-bond acceptors (Lipinski definition) is 2. The van der Waals surface area contributed by atoms with E-state index in [1.165, 1.54) is 0 Å². The Morgan fingerprint density at radius 3 is 1.06 bits per heavy atom. The summed E-state index contributed by atoms with van der Waals surface area (Å²) in [5.41, 5.74) is 0. The zero-order valence-electron chi connectivity index (χ0n) is 15.8. The number of hydrogen-bond donors (Lipinski definition) is 2. The number of phenolic OH excluding ortho intramolecular Hbond substituents is 2. The Morgan fingerprint density at radius 1 is 0.548 bits per heavy atom. The number of phenols is 2. The summed E-state index contributed by atoms with van der Waals surface area (Å²) in [6.45, 7) is 0. The summed E-state index contributed by atoms with van der Waals surface area (Å²) in [5.74, 6) is -9.26. The molecule has 0 heterocycles. The topological polar surface area (TPSA) is 40.5 Å². The number of halogens is 6. The van der Waals surface area contributed by atoms with Crippen LogP contribution in [-0.4, -0.2) is 10.2 Å². The summed E-state index contributed by atoms with van der Waals surface area (Å²) in [4.78, 5) is 0. The van der Waals surface area contributed by atoms with Gasteiger partial charge in [0.15, 0.2) is 46.4 Å². The van der Waals surface area contributed by atoms with Crippen LogP contribution in [0.3, 0.4) is 0 Å². The van der Waals surface area contributed by atoms with Crippen molar-refractivity contribution >= 4 is 0 Å². The van der Waals surface area contributed by atoms with Crippen molar-refractivity contribution in [3.63, 3.8) is 0 Å². The Morgan fingerprint density at radius 2 is 0.871 bits per heavy atom. The fourth-order valence-electron chi connectivity index (χ4n) is 1.70. The van der Waals surface area contributed by atoms with Gasteiger partial charge in [-0.2, -0.15) is 12.2 Å². The average molecular weight is 518 g/mol. The first-order valence-electron chi connectivity index (χ1n) is 8.32. The molecule has 2 nitrogen and oxygen atoms in total. The minimum atomic E-state index is -1.31. The second-order valence-corrected chi connectivity index (χ2v) is 5.44. The minimum absolute atomic E-state index is 0. The van der Waals surface area contributed by atoms with Gasteiger partial charge in [0, 0.05) is 24.3 Å². The Hall–Kier alpha value is -2.54. The van der Waals surface area contributed by atoms with Crippen molar-refractivity contribution in [2.75, 3.05) is 0 Å². The zero-order valence-corrected chi connectivity index (χ0v) is 18.3. The van der Waals surface area contributed by atoms with E-state index in [-0.39, 0.29) is 38.3 Å². The summed E-state index contributed by atoms with van der Waals surface area (Å²) in [6.07, 6.45) is 20.0. The molecule has 0 aromatic heterocycles. The van der Waals surface area contributed by atoms with Crippen LogP contribution in [0.1, 0.15) is 12.8 Å². The van der Waals surface area contributed by atoms with Crippen molar-refractivity contribution in [2.24, 2.45) is 0 Å². The molecule has 162 valence electrons. The summed E-state index contributed by atoms with van der Waals surface area (Å²) in [5, 5.41) is 16.9. The maximum absolute atomic E-state index is 12.1. The normalized spacial score (nSPS) is 12.1. The first kappa shape index (κ1) is 28.5. The van der Waals surface area contributed by atoms with Crippen LogP contribution in [0.25, 0.3) is 0 Å². The molecule has 2 aliphatic rings. The van der Waals surface area contributed by atoms with Crippen LogP contribution in [0.5, 0.6) is 11.5 Å². The van der Waals surface area contributed by atoms with Crippen LogP contribution in [0.2, 0.25) is 0 Å². The standard InChI is InChI=1S/2C6H3F3O.2C5H5.Zr/c2*7-3-1-5(9)6(10)2-4(3)8;2*1-2-4-5-3-1;/h2*1-2,10H;2*1-3H,4H2;/q;;2*-1;+2. The molecule has 0 saturated heterocycles. The summed E-state index contributed by atoms with van der Waals surface area (Å²) in [7, 11) is 0. The van der Waals surface area contributed by atoms with E-state index in [0.29, 0.717) is 12.1 Å². The third-order valence-electron chi connectivity index (χ3n) is 3.15. The Labute approximate surface area is 194 Å². The van der Waals surface area contributed by atoms with E-state index in [0.717, 1.165) is 12.8 Å². The summed E-state index contributed by atoms with van der Waals surface area (Å²) in [6, 6.07) is 1.32. The van der Waals surface area contributed by atoms with Crippen LogP contribution < -0.4 is 0 Å². The van der Waals surface area contributed by atoms with Crippen molar-refractivity contribution in [1.29, 1.82) is 0 Å². The van der Waals surface area contributed by atoms with Gasteiger partial charge in [-0.3, -0.25) is 12.2 Å². The molecule has 2 aromatic carbocycles. The molecule has 0 unspecified atom stereocenters. The first-order chi connectivity index (χ1) is 14.2. The van der Waals surface area contributed by atoms with Gasteiger partial charge < -0.3 is 10.2 Å². The molecule has 0 fully saturated rings. The van der Waals surface area contributed by atoms with Gasteiger partial charge in [-0.1, -0.05) is 0 Å². The third-order valence-corrected chi connectivity index (χ3v) is 3.15. The van der Waals surface area contributed by atoms with Crippen molar-refractivity contribution in [3.05, 3.63) is 108 Å². The summed E-state index contributed by atoms with van der Waals surface area (Å²) < 4.78 is 72.4. The quantitative estimate of drug-likeness (QED) is 0.247. The minimum Gasteiger partial charge on any atom is -0.505 e. The maximum Gasteiger partial charge on any atom is 2.00 e. The van der Waals surface area contributed by atoms with Crippen LogP contribution in [0.4, 0.5) is 26.3 Å². The molecular formula is C22H16F6O2Zr. The van der Waals surface area contributed by atoms with Gasteiger partial charge in [0.25, 0.3) is 0 Å². The predicted octanol–water partition coefficient (Wildman–Crippen LogP) is 6.23. The van der Waals surface area contributed by atoms with Crippen LogP contribution >= 0.6 is 0 Å². The van der Waals surface area contributed by atoms with E-state index in [4.69, 9.17) is 10.2 Å². The van der Waals surface area contributed by atoms with E-state index in [2.05, 4.69) is 24.3 Å². The Kier molecular flexibility index (Phi) is 14.0. The fourth-order valence-corrected chi connectivity index (χ4v) is 1.70. The van der Waals surface area contributed by atoms with Crippen LogP contribution in [0, 0.1) is 47.1 Å². The van der Waals surface area contributed by atoms with E-state index in [1.807, 2.05) is 24.3 Å². The molecule has 2 N–H and O–H groups in total. The maximum atomic E-state index is 12.1. The molecule has 0 aliphatic heterocycles.